The second-order valence-electron chi connectivity index (χ2n) is 9.52. The van der Waals surface area contributed by atoms with Gasteiger partial charge in [0.2, 0.25) is 5.82 Å². The number of anilines is 1. The molecule has 2 aliphatic rings. The number of thiazole rings is 1. The van der Waals surface area contributed by atoms with Crippen molar-refractivity contribution in [2.75, 3.05) is 25.1 Å². The average Bonchev–Trinajstić information content (AvgIpc) is 3.26. The maximum absolute atomic E-state index is 13.5. The fourth-order valence-corrected chi connectivity index (χ4v) is 5.09. The molecule has 0 bridgehead atoms. The fraction of sp³-hybridized carbons (Fsp3) is 0.250. The molecule has 2 aromatic heterocycles. The number of rotatable bonds is 6. The monoisotopic (exact) mass is 582 g/mol. The van der Waals surface area contributed by atoms with E-state index in [1.165, 1.54) is 11.3 Å². The Balaban J connectivity index is 1.50. The van der Waals surface area contributed by atoms with Crippen LogP contribution >= 0.6 is 11.3 Å². The summed E-state index contributed by atoms with van der Waals surface area (Å²) < 4.78 is 44.5. The van der Waals surface area contributed by atoms with Gasteiger partial charge in [0.1, 0.15) is 5.01 Å². The molecule has 9 nitrogen and oxygen atoms in total. The number of hydrogen-bond acceptors (Lipinski definition) is 8. The average molecular weight is 583 g/mol. The molecule has 2 amide bonds. The number of ether oxygens (including phenoxy) is 1. The molecular weight excluding hydrogens is 557 g/mol. The first-order chi connectivity index (χ1) is 19.5. The van der Waals surface area contributed by atoms with Crippen LogP contribution in [0.3, 0.4) is 0 Å². The van der Waals surface area contributed by atoms with Gasteiger partial charge >= 0.3 is 6.18 Å². The van der Waals surface area contributed by atoms with E-state index in [2.05, 4.69) is 20.3 Å². The van der Waals surface area contributed by atoms with E-state index in [-0.39, 0.29) is 24.6 Å². The first-order valence-corrected chi connectivity index (χ1v) is 13.3. The topological polar surface area (TPSA) is 101 Å². The lowest BCUT2D eigenvalue weighted by molar-refractivity contribution is -0.145. The lowest BCUT2D eigenvalue weighted by Gasteiger charge is -2.31. The molecule has 0 fully saturated rings. The highest BCUT2D eigenvalue weighted by molar-refractivity contribution is 7.15. The molecule has 0 aliphatic carbocycles. The van der Waals surface area contributed by atoms with E-state index < -0.39 is 23.9 Å². The summed E-state index contributed by atoms with van der Waals surface area (Å²) in [5, 5.41) is 3.40. The third-order valence-electron chi connectivity index (χ3n) is 6.34. The molecule has 0 saturated carbocycles. The zero-order chi connectivity index (χ0) is 29.3. The van der Waals surface area contributed by atoms with Crippen molar-refractivity contribution in [3.63, 3.8) is 0 Å². The molecule has 41 heavy (non-hydrogen) atoms. The lowest BCUT2D eigenvalue weighted by Crippen LogP contribution is -2.40. The van der Waals surface area contributed by atoms with Crippen molar-refractivity contribution >= 4 is 28.8 Å². The summed E-state index contributed by atoms with van der Waals surface area (Å²) in [6.07, 6.45) is 8.55. The van der Waals surface area contributed by atoms with Crippen LogP contribution < -0.4 is 15.0 Å². The minimum absolute atomic E-state index is 0.175. The molecule has 0 radical (unpaired) electrons. The van der Waals surface area contributed by atoms with Gasteiger partial charge < -0.3 is 19.9 Å². The highest BCUT2D eigenvalue weighted by Crippen LogP contribution is 2.43. The fourth-order valence-electron chi connectivity index (χ4n) is 4.31. The molecule has 0 spiro atoms. The van der Waals surface area contributed by atoms with E-state index in [4.69, 9.17) is 4.74 Å². The van der Waals surface area contributed by atoms with Gasteiger partial charge in [0.25, 0.3) is 11.8 Å². The third-order valence-corrected chi connectivity index (χ3v) is 7.29. The molecular formula is C28H25F3N6O3S. The van der Waals surface area contributed by atoms with E-state index >= 15 is 0 Å². The number of nitrogens with zero attached hydrogens (tertiary/aromatic N) is 5. The Bertz CT molecular complexity index is 1580. The summed E-state index contributed by atoms with van der Waals surface area (Å²) >= 11 is 1.42. The molecule has 4 heterocycles. The maximum Gasteiger partial charge on any atom is 0.451 e. The molecule has 13 heteroatoms. The van der Waals surface area contributed by atoms with Crippen molar-refractivity contribution < 1.29 is 27.5 Å². The minimum atomic E-state index is -4.67. The van der Waals surface area contributed by atoms with E-state index in [9.17, 15) is 22.8 Å². The van der Waals surface area contributed by atoms with Crippen LogP contribution in [-0.2, 0) is 11.0 Å². The van der Waals surface area contributed by atoms with Gasteiger partial charge in [0, 0.05) is 54.0 Å². The molecule has 3 aromatic rings. The Morgan fingerprint density at radius 1 is 1.17 bits per heavy atom. The van der Waals surface area contributed by atoms with Crippen LogP contribution in [-0.4, -0.2) is 51.9 Å². The first kappa shape index (κ1) is 28.0. The number of aromatic nitrogens is 3. The van der Waals surface area contributed by atoms with Crippen LogP contribution in [0.2, 0.25) is 0 Å². The van der Waals surface area contributed by atoms with Gasteiger partial charge in [-0.15, -0.1) is 11.3 Å². The summed E-state index contributed by atoms with van der Waals surface area (Å²) in [6.45, 7) is 3.58. The van der Waals surface area contributed by atoms with Gasteiger partial charge in [-0.1, -0.05) is 12.2 Å². The molecule has 0 saturated heterocycles. The Labute approximate surface area is 237 Å². The Morgan fingerprint density at radius 3 is 2.61 bits per heavy atom. The maximum atomic E-state index is 13.5. The van der Waals surface area contributed by atoms with Crippen LogP contribution in [0.25, 0.3) is 10.6 Å². The van der Waals surface area contributed by atoms with Crippen molar-refractivity contribution in [3.8, 4) is 16.3 Å². The van der Waals surface area contributed by atoms with Crippen molar-refractivity contribution in [2.45, 2.75) is 26.1 Å². The summed E-state index contributed by atoms with van der Waals surface area (Å²) in [4.78, 5) is 42.2. The molecule has 1 aromatic carbocycles. The van der Waals surface area contributed by atoms with Crippen molar-refractivity contribution in [1.82, 2.24) is 25.2 Å². The summed E-state index contributed by atoms with van der Waals surface area (Å²) in [5.41, 5.74) is 2.34. The summed E-state index contributed by atoms with van der Waals surface area (Å²) in [7, 11) is 1.88. The van der Waals surface area contributed by atoms with E-state index in [0.717, 1.165) is 22.8 Å². The molecule has 0 unspecified atom stereocenters. The van der Waals surface area contributed by atoms with Gasteiger partial charge in [-0.25, -0.2) is 15.0 Å². The molecule has 1 atom stereocenters. The van der Waals surface area contributed by atoms with Gasteiger partial charge in [-0.2, -0.15) is 13.2 Å². The second-order valence-corrected chi connectivity index (χ2v) is 10.8. The highest BCUT2D eigenvalue weighted by atomic mass is 32.1. The third kappa shape index (κ3) is 6.14. The largest absolute Gasteiger partial charge is 0.481 e. The van der Waals surface area contributed by atoms with Crippen LogP contribution in [0, 0.1) is 6.92 Å². The molecule has 212 valence electrons. The van der Waals surface area contributed by atoms with Crippen LogP contribution in [0.15, 0.2) is 66.9 Å². The predicted octanol–water partition coefficient (Wildman–Crippen LogP) is 5.04. The van der Waals surface area contributed by atoms with E-state index in [1.54, 1.807) is 30.2 Å². The molecule has 1 N–H and O–H groups in total. The standard InChI is InChI=1S/C28H25F3N6O3S/c1-16-10-32-26(41-16)21-8-19(25(39)35-17(2)20-11-33-27(34-12-20)28(29,30)31)9-22-24(21)40-15-23(38)37(22)14-18-6-4-5-7-36(3)13-18/h4-13,17H,14-15H2,1-3H3,(H,35,39)/t17-/m1/s1. The number of alkyl halides is 3. The Hall–Kier alpha value is -4.52. The van der Waals surface area contributed by atoms with Gasteiger partial charge in [-0.3, -0.25) is 9.59 Å². The van der Waals surface area contributed by atoms with Crippen LogP contribution in [0.1, 0.15) is 39.6 Å². The Kier molecular flexibility index (Phi) is 7.63. The highest BCUT2D eigenvalue weighted by Gasteiger charge is 2.35. The second kappa shape index (κ2) is 11.2. The van der Waals surface area contributed by atoms with E-state index in [1.807, 2.05) is 49.5 Å². The SMILES string of the molecule is Cc1cnc(-c2cc(C(=O)N[C@H](C)c3cnc(C(F)(F)F)nc3)cc3c2OCC(=O)N3CC2=CN(C)C=CC=C2)s1. The van der Waals surface area contributed by atoms with Crippen LogP contribution in [0.5, 0.6) is 5.75 Å². The number of fused-ring (bicyclic) bond motifs is 1. The van der Waals surface area contributed by atoms with Crippen molar-refractivity contribution in [1.29, 1.82) is 0 Å². The van der Waals surface area contributed by atoms with E-state index in [0.29, 0.717) is 27.6 Å². The predicted molar refractivity (Wildman–Crippen MR) is 147 cm³/mol. The number of aryl methyl sites for hydroxylation is 1. The number of carbonyl (C=O) groups is 2. The van der Waals surface area contributed by atoms with Gasteiger partial charge in [0.15, 0.2) is 12.4 Å². The van der Waals surface area contributed by atoms with Crippen LogP contribution in [0.4, 0.5) is 18.9 Å². The number of benzene rings is 1. The summed E-state index contributed by atoms with van der Waals surface area (Å²) in [6, 6.07) is 2.51. The van der Waals surface area contributed by atoms with Crippen molar-refractivity contribution in [3.05, 3.63) is 88.8 Å². The minimum Gasteiger partial charge on any atom is -0.481 e. The van der Waals surface area contributed by atoms with Gasteiger partial charge in [-0.05, 0) is 37.6 Å². The molecule has 2 aliphatic heterocycles. The Morgan fingerprint density at radius 2 is 1.93 bits per heavy atom. The number of carbonyl (C=O) groups excluding carboxylic acids is 2. The lowest BCUT2D eigenvalue weighted by atomic mass is 10.0. The number of amides is 2. The quantitative estimate of drug-likeness (QED) is 0.435. The zero-order valence-electron chi connectivity index (χ0n) is 22.3. The normalized spacial score (nSPS) is 15.7. The number of halogens is 3. The first-order valence-electron chi connectivity index (χ1n) is 12.5. The zero-order valence-corrected chi connectivity index (χ0v) is 23.1. The summed E-state index contributed by atoms with van der Waals surface area (Å²) in [5.74, 6) is -1.61. The number of nitrogens with one attached hydrogen (secondary N) is 1. The van der Waals surface area contributed by atoms with Gasteiger partial charge in [0.05, 0.1) is 23.8 Å². The molecule has 5 rings (SSSR count). The van der Waals surface area contributed by atoms with Crippen molar-refractivity contribution in [2.24, 2.45) is 0 Å². The number of allylic oxidation sites excluding steroid dienone is 2. The smallest absolute Gasteiger partial charge is 0.451 e. The number of hydrogen-bond donors (Lipinski definition) is 1.